The summed E-state index contributed by atoms with van der Waals surface area (Å²) in [5.41, 5.74) is 5.91. The molecule has 0 unspecified atom stereocenters. The Bertz CT molecular complexity index is 2650. The van der Waals surface area contributed by atoms with E-state index in [1.54, 1.807) is 54.6 Å². The average molecular weight is 653 g/mol. The molecule has 7 aromatic rings. The quantitative estimate of drug-likeness (QED) is 0.125. The molecule has 0 fully saturated rings. The molecule has 49 heavy (non-hydrogen) atoms. The van der Waals surface area contributed by atoms with Gasteiger partial charge in [0, 0.05) is 68.5 Å². The largest absolute Gasteiger partial charge is 0.354 e. The lowest BCUT2D eigenvalue weighted by Crippen LogP contribution is -1.92. The summed E-state index contributed by atoms with van der Waals surface area (Å²) < 4.78 is 31.2. The van der Waals surface area contributed by atoms with Gasteiger partial charge in [0.05, 0.1) is 32.3 Å². The zero-order chi connectivity index (χ0) is 33.8. The first-order chi connectivity index (χ1) is 23.7. The predicted molar refractivity (Wildman–Crippen MR) is 185 cm³/mol. The zero-order valence-corrected chi connectivity index (χ0v) is 25.2. The molecule has 12 heteroatoms. The SMILES string of the molecule is O=[N+]([O-])c1cccc(-c2c3nc(c4ccc([nH]4)c(-c4cccc([N+](=O)[O-])c4)c4ccc([nH]4)c(-c4c(F)cccc4F)c4ccc2[nH]4)C=C3)c1. The Morgan fingerprint density at radius 2 is 0.918 bits per heavy atom. The van der Waals surface area contributed by atoms with Gasteiger partial charge in [-0.1, -0.05) is 30.3 Å². The first kappa shape index (κ1) is 29.5. The molecule has 0 radical (unpaired) electrons. The van der Waals surface area contributed by atoms with E-state index in [1.807, 2.05) is 18.2 Å². The average Bonchev–Trinajstić information content (AvgIpc) is 3.92. The minimum absolute atomic E-state index is 0.106. The molecule has 0 saturated carbocycles. The molecule has 1 aliphatic heterocycles. The second-order valence-electron chi connectivity index (χ2n) is 11.4. The first-order valence-corrected chi connectivity index (χ1v) is 15.0. The lowest BCUT2D eigenvalue weighted by molar-refractivity contribution is -0.385. The third-order valence-corrected chi connectivity index (χ3v) is 8.48. The maximum absolute atomic E-state index is 15.6. The second-order valence-corrected chi connectivity index (χ2v) is 11.4. The third kappa shape index (κ3) is 5.08. The van der Waals surface area contributed by atoms with E-state index in [2.05, 4.69) is 15.0 Å². The van der Waals surface area contributed by atoms with Gasteiger partial charge in [-0.05, 0) is 71.8 Å². The Labute approximate surface area is 274 Å². The lowest BCUT2D eigenvalue weighted by atomic mass is 10.0. The number of non-ortho nitro benzene ring substituents is 2. The third-order valence-electron chi connectivity index (χ3n) is 8.48. The van der Waals surface area contributed by atoms with Crippen molar-refractivity contribution in [1.29, 1.82) is 0 Å². The Morgan fingerprint density at radius 3 is 1.47 bits per heavy atom. The minimum Gasteiger partial charge on any atom is -0.354 e. The molecule has 8 rings (SSSR count). The normalized spacial score (nSPS) is 11.7. The summed E-state index contributed by atoms with van der Waals surface area (Å²) in [6.07, 6.45) is 3.60. The van der Waals surface area contributed by atoms with E-state index < -0.39 is 21.5 Å². The van der Waals surface area contributed by atoms with E-state index in [0.29, 0.717) is 66.7 Å². The van der Waals surface area contributed by atoms with Gasteiger partial charge in [0.15, 0.2) is 0 Å². The summed E-state index contributed by atoms with van der Waals surface area (Å²) in [4.78, 5) is 37.4. The number of H-pyrrole nitrogens is 3. The molecule has 0 saturated heterocycles. The minimum atomic E-state index is -0.789. The molecule has 8 bridgehead atoms. The highest BCUT2D eigenvalue weighted by molar-refractivity contribution is 6.00. The van der Waals surface area contributed by atoms with Gasteiger partial charge in [-0.25, -0.2) is 13.8 Å². The Balaban J connectivity index is 1.56. The molecule has 0 aliphatic carbocycles. The molecule has 238 valence electrons. The van der Waals surface area contributed by atoms with Crippen molar-refractivity contribution >= 4 is 56.6 Å². The predicted octanol–water partition coefficient (Wildman–Crippen LogP) is 9.79. The van der Waals surface area contributed by atoms with Crippen molar-refractivity contribution in [3.63, 3.8) is 0 Å². The Morgan fingerprint density at radius 1 is 0.490 bits per heavy atom. The van der Waals surface area contributed by atoms with Crippen molar-refractivity contribution in [2.75, 3.05) is 0 Å². The van der Waals surface area contributed by atoms with Crippen LogP contribution < -0.4 is 0 Å². The number of fused-ring (bicyclic) bond motifs is 9. The topological polar surface area (TPSA) is 147 Å². The van der Waals surface area contributed by atoms with Crippen LogP contribution in [0.5, 0.6) is 0 Å². The van der Waals surface area contributed by atoms with Gasteiger partial charge < -0.3 is 15.0 Å². The molecule has 3 aromatic carbocycles. The summed E-state index contributed by atoms with van der Waals surface area (Å²) in [6, 6.07) is 26.5. The highest BCUT2D eigenvalue weighted by Gasteiger charge is 2.20. The monoisotopic (exact) mass is 652 g/mol. The van der Waals surface area contributed by atoms with Crippen LogP contribution in [0, 0.1) is 31.9 Å². The number of hydrogen-bond donors (Lipinski definition) is 3. The highest BCUT2D eigenvalue weighted by Crippen LogP contribution is 2.38. The molecule has 1 aliphatic rings. The second kappa shape index (κ2) is 11.4. The smallest absolute Gasteiger partial charge is 0.270 e. The van der Waals surface area contributed by atoms with Crippen LogP contribution in [0.2, 0.25) is 0 Å². The van der Waals surface area contributed by atoms with Crippen LogP contribution in [0.25, 0.3) is 78.6 Å². The summed E-state index contributed by atoms with van der Waals surface area (Å²) >= 11 is 0. The number of halogens is 2. The van der Waals surface area contributed by atoms with E-state index in [-0.39, 0.29) is 22.5 Å². The van der Waals surface area contributed by atoms with Crippen LogP contribution in [0.15, 0.2) is 103 Å². The van der Waals surface area contributed by atoms with Gasteiger partial charge >= 0.3 is 0 Å². The van der Waals surface area contributed by atoms with Crippen molar-refractivity contribution in [2.24, 2.45) is 0 Å². The van der Waals surface area contributed by atoms with E-state index in [9.17, 15) is 20.2 Å². The molecule has 10 nitrogen and oxygen atoms in total. The summed E-state index contributed by atoms with van der Waals surface area (Å²) in [7, 11) is 0. The van der Waals surface area contributed by atoms with Crippen LogP contribution >= 0.6 is 0 Å². The van der Waals surface area contributed by atoms with Crippen molar-refractivity contribution in [3.8, 4) is 33.4 Å². The molecule has 0 amide bonds. The van der Waals surface area contributed by atoms with Crippen molar-refractivity contribution < 1.29 is 18.6 Å². The number of hydrogen-bond acceptors (Lipinski definition) is 5. The number of benzene rings is 3. The van der Waals surface area contributed by atoms with E-state index >= 15 is 8.78 Å². The fourth-order valence-corrected chi connectivity index (χ4v) is 6.31. The lowest BCUT2D eigenvalue weighted by Gasteiger charge is -2.07. The van der Waals surface area contributed by atoms with Crippen LogP contribution in [-0.2, 0) is 0 Å². The van der Waals surface area contributed by atoms with Crippen LogP contribution in [0.1, 0.15) is 11.4 Å². The summed E-state index contributed by atoms with van der Waals surface area (Å²) in [6.45, 7) is 0. The molecule has 5 heterocycles. The number of aromatic nitrogens is 4. The fraction of sp³-hybridized carbons (Fsp3) is 0. The number of nitrogens with one attached hydrogen (secondary N) is 3. The number of rotatable bonds is 5. The van der Waals surface area contributed by atoms with Crippen molar-refractivity contribution in [3.05, 3.63) is 146 Å². The maximum Gasteiger partial charge on any atom is 0.270 e. The Kier molecular flexibility index (Phi) is 6.84. The van der Waals surface area contributed by atoms with Crippen molar-refractivity contribution in [1.82, 2.24) is 19.9 Å². The number of nitro groups is 2. The molecule has 3 N–H and O–H groups in total. The first-order valence-electron chi connectivity index (χ1n) is 15.0. The number of nitro benzene ring substituents is 2. The standard InChI is InChI=1S/C37H22F2N6O4/c38-24-8-3-9-25(39)36(24)37-32-16-14-30(42-32)34(20-4-1-6-22(18-20)44(46)47)28-12-10-26(40-28)27-11-13-29(41-27)35(31-15-17-33(37)43-31)21-5-2-7-23(19-21)45(48)49/h1-19,40,42-43H. The molecular weight excluding hydrogens is 630 g/mol. The van der Waals surface area contributed by atoms with E-state index in [4.69, 9.17) is 4.98 Å². The highest BCUT2D eigenvalue weighted by atomic mass is 19.1. The molecule has 0 spiro atoms. The molecule has 4 aromatic heterocycles. The molecule has 0 atom stereocenters. The van der Waals surface area contributed by atoms with Gasteiger partial charge in [-0.15, -0.1) is 0 Å². The Hall–Kier alpha value is -6.95. The fourth-order valence-electron chi connectivity index (χ4n) is 6.31. The summed E-state index contributed by atoms with van der Waals surface area (Å²) in [5, 5.41) is 23.5. The van der Waals surface area contributed by atoms with Gasteiger partial charge in [-0.2, -0.15) is 0 Å². The van der Waals surface area contributed by atoms with E-state index in [1.165, 1.54) is 42.5 Å². The number of nitrogens with zero attached hydrogens (tertiary/aromatic N) is 3. The van der Waals surface area contributed by atoms with Gasteiger partial charge in [0.2, 0.25) is 0 Å². The van der Waals surface area contributed by atoms with Gasteiger partial charge in [-0.3, -0.25) is 20.2 Å². The molecular formula is C37H22F2N6O4. The van der Waals surface area contributed by atoms with Crippen LogP contribution in [0.3, 0.4) is 0 Å². The van der Waals surface area contributed by atoms with Gasteiger partial charge in [0.1, 0.15) is 11.6 Å². The van der Waals surface area contributed by atoms with Gasteiger partial charge in [0.25, 0.3) is 11.4 Å². The van der Waals surface area contributed by atoms with Crippen LogP contribution in [0.4, 0.5) is 20.2 Å². The number of aromatic amines is 3. The summed E-state index contributed by atoms with van der Waals surface area (Å²) in [5.74, 6) is -1.58. The van der Waals surface area contributed by atoms with E-state index in [0.717, 1.165) is 0 Å². The zero-order valence-electron chi connectivity index (χ0n) is 25.2. The van der Waals surface area contributed by atoms with Crippen molar-refractivity contribution in [2.45, 2.75) is 0 Å². The van der Waals surface area contributed by atoms with Crippen LogP contribution in [-0.4, -0.2) is 29.8 Å². The maximum atomic E-state index is 15.6.